The van der Waals surface area contributed by atoms with Gasteiger partial charge in [-0.2, -0.15) is 0 Å². The predicted molar refractivity (Wildman–Crippen MR) is 136 cm³/mol. The number of carbonyl (C=O) groups is 1. The van der Waals surface area contributed by atoms with Gasteiger partial charge in [0.05, 0.1) is 25.6 Å². The first-order valence-electron chi connectivity index (χ1n) is 11.3. The molecule has 1 saturated heterocycles. The molecule has 0 atom stereocenters. The third kappa shape index (κ3) is 5.49. The summed E-state index contributed by atoms with van der Waals surface area (Å²) >= 11 is 0. The molecule has 0 aromatic heterocycles. The van der Waals surface area contributed by atoms with Gasteiger partial charge in [-0.3, -0.25) is 10.1 Å². The fourth-order valence-electron chi connectivity index (χ4n) is 3.99. The van der Waals surface area contributed by atoms with Crippen LogP contribution in [0.1, 0.15) is 15.9 Å². The molecule has 0 bridgehead atoms. The second kappa shape index (κ2) is 10.7. The van der Waals surface area contributed by atoms with Crippen molar-refractivity contribution >= 4 is 23.2 Å². The van der Waals surface area contributed by atoms with Crippen LogP contribution < -0.4 is 19.7 Å². The molecular weight excluding hydrogens is 428 g/mol. The van der Waals surface area contributed by atoms with Gasteiger partial charge in [0.25, 0.3) is 5.91 Å². The van der Waals surface area contributed by atoms with Gasteiger partial charge in [0.15, 0.2) is 0 Å². The van der Waals surface area contributed by atoms with Gasteiger partial charge in [-0.15, -0.1) is 0 Å². The lowest BCUT2D eigenvalue weighted by molar-refractivity contribution is 0.0971. The number of ether oxygens (including phenoxy) is 2. The molecule has 0 unspecified atom stereocenters. The fourth-order valence-corrected chi connectivity index (χ4v) is 3.99. The third-order valence-corrected chi connectivity index (χ3v) is 5.80. The Morgan fingerprint density at radius 1 is 0.882 bits per heavy atom. The molecule has 1 aliphatic rings. The van der Waals surface area contributed by atoms with Gasteiger partial charge in [-0.05, 0) is 55.0 Å². The van der Waals surface area contributed by atoms with Gasteiger partial charge >= 0.3 is 0 Å². The molecule has 3 aromatic rings. The normalized spacial score (nSPS) is 14.0. The number of carbonyl (C=O) groups excluding carboxylic acids is 1. The van der Waals surface area contributed by atoms with E-state index in [1.165, 1.54) is 0 Å². The number of piperazine rings is 1. The van der Waals surface area contributed by atoms with Crippen molar-refractivity contribution in [3.05, 3.63) is 83.9 Å². The minimum absolute atomic E-state index is 0.225. The number of nitrogens with one attached hydrogen (secondary N) is 1. The molecule has 1 heterocycles. The number of aliphatic imine (C=N–C) groups is 1. The van der Waals surface area contributed by atoms with Crippen LogP contribution in [0, 0.1) is 6.92 Å². The third-order valence-electron chi connectivity index (χ3n) is 5.80. The topological polar surface area (TPSA) is 66.4 Å². The number of guanidine groups is 1. The van der Waals surface area contributed by atoms with E-state index < -0.39 is 0 Å². The van der Waals surface area contributed by atoms with Crippen molar-refractivity contribution in [2.45, 2.75) is 6.92 Å². The molecule has 4 rings (SSSR count). The Morgan fingerprint density at radius 3 is 2.38 bits per heavy atom. The Bertz CT molecular complexity index is 1170. The summed E-state index contributed by atoms with van der Waals surface area (Å²) in [6.45, 7) is 5.01. The van der Waals surface area contributed by atoms with E-state index in [9.17, 15) is 4.79 Å². The maximum Gasteiger partial charge on any atom is 0.258 e. The molecule has 0 spiro atoms. The number of hydrogen-bond acceptors (Lipinski definition) is 5. The van der Waals surface area contributed by atoms with Crippen molar-refractivity contribution in [3.8, 4) is 11.5 Å². The molecule has 0 saturated carbocycles. The van der Waals surface area contributed by atoms with E-state index >= 15 is 0 Å². The molecule has 3 aromatic carbocycles. The Labute approximate surface area is 200 Å². The van der Waals surface area contributed by atoms with Gasteiger partial charge in [-0.1, -0.05) is 30.3 Å². The quantitative estimate of drug-likeness (QED) is 0.457. The maximum atomic E-state index is 13.1. The van der Waals surface area contributed by atoms with Crippen molar-refractivity contribution in [1.82, 2.24) is 10.2 Å². The number of methoxy groups -OCH3 is 2. The minimum Gasteiger partial charge on any atom is -0.497 e. The SMILES string of the molecule is COc1cccc(C(=O)NC(=Nc2cccc(C)c2)N2CCN(c3ccccc3OC)CC2)c1. The molecule has 1 fully saturated rings. The largest absolute Gasteiger partial charge is 0.497 e. The summed E-state index contributed by atoms with van der Waals surface area (Å²) < 4.78 is 10.8. The minimum atomic E-state index is -0.225. The number of hydrogen-bond donors (Lipinski definition) is 1. The van der Waals surface area contributed by atoms with Crippen LogP contribution in [-0.4, -0.2) is 57.2 Å². The number of nitrogens with zero attached hydrogens (tertiary/aromatic N) is 3. The van der Waals surface area contributed by atoms with E-state index in [1.807, 2.05) is 55.5 Å². The van der Waals surface area contributed by atoms with Gasteiger partial charge in [0, 0.05) is 31.7 Å². The summed E-state index contributed by atoms with van der Waals surface area (Å²) in [5.41, 5.74) is 3.50. The lowest BCUT2D eigenvalue weighted by Gasteiger charge is -2.38. The molecule has 7 nitrogen and oxygen atoms in total. The summed E-state index contributed by atoms with van der Waals surface area (Å²) in [7, 11) is 3.28. The number of benzene rings is 3. The number of amides is 1. The molecular formula is C27H30N4O3. The van der Waals surface area contributed by atoms with E-state index in [0.717, 1.165) is 35.8 Å². The van der Waals surface area contributed by atoms with Gasteiger partial charge < -0.3 is 19.3 Å². The molecule has 34 heavy (non-hydrogen) atoms. The highest BCUT2D eigenvalue weighted by Gasteiger charge is 2.23. The Hall–Kier alpha value is -4.00. The van der Waals surface area contributed by atoms with Crippen molar-refractivity contribution in [2.75, 3.05) is 45.3 Å². The summed E-state index contributed by atoms with van der Waals surface area (Å²) in [5, 5.41) is 3.04. The van der Waals surface area contributed by atoms with Crippen molar-refractivity contribution in [2.24, 2.45) is 4.99 Å². The summed E-state index contributed by atoms with van der Waals surface area (Å²) in [4.78, 5) is 22.3. The Balaban J connectivity index is 1.55. The van der Waals surface area contributed by atoms with Crippen LogP contribution in [0.25, 0.3) is 0 Å². The predicted octanol–water partition coefficient (Wildman–Crippen LogP) is 4.25. The number of aryl methyl sites for hydroxylation is 1. The molecule has 1 N–H and O–H groups in total. The van der Waals surface area contributed by atoms with Gasteiger partial charge in [0.1, 0.15) is 11.5 Å². The zero-order valence-corrected chi connectivity index (χ0v) is 19.8. The van der Waals surface area contributed by atoms with E-state index in [0.29, 0.717) is 30.4 Å². The Morgan fingerprint density at radius 2 is 1.65 bits per heavy atom. The highest BCUT2D eigenvalue weighted by molar-refractivity contribution is 6.06. The molecule has 7 heteroatoms. The van der Waals surface area contributed by atoms with Crippen molar-refractivity contribution in [3.63, 3.8) is 0 Å². The van der Waals surface area contributed by atoms with E-state index in [1.54, 1.807) is 32.4 Å². The second-order valence-corrected chi connectivity index (χ2v) is 8.11. The maximum absolute atomic E-state index is 13.1. The average molecular weight is 459 g/mol. The summed E-state index contributed by atoms with van der Waals surface area (Å²) in [6, 6.07) is 23.1. The molecule has 176 valence electrons. The highest BCUT2D eigenvalue weighted by Crippen LogP contribution is 2.28. The lowest BCUT2D eigenvalue weighted by atomic mass is 10.2. The smallest absolute Gasteiger partial charge is 0.258 e. The van der Waals surface area contributed by atoms with Gasteiger partial charge in [0.2, 0.25) is 5.96 Å². The van der Waals surface area contributed by atoms with Crippen LogP contribution in [0.15, 0.2) is 77.8 Å². The first kappa shape index (κ1) is 23.2. The number of rotatable bonds is 5. The molecule has 1 aliphatic heterocycles. The zero-order chi connectivity index (χ0) is 23.9. The van der Waals surface area contributed by atoms with Crippen LogP contribution >= 0.6 is 0 Å². The van der Waals surface area contributed by atoms with Crippen LogP contribution in [0.4, 0.5) is 11.4 Å². The van der Waals surface area contributed by atoms with Crippen molar-refractivity contribution < 1.29 is 14.3 Å². The first-order chi connectivity index (χ1) is 16.6. The fraction of sp³-hybridized carbons (Fsp3) is 0.259. The summed E-state index contributed by atoms with van der Waals surface area (Å²) in [5.74, 6) is 1.81. The Kier molecular flexibility index (Phi) is 7.32. The summed E-state index contributed by atoms with van der Waals surface area (Å²) in [6.07, 6.45) is 0. The average Bonchev–Trinajstić information content (AvgIpc) is 2.88. The van der Waals surface area contributed by atoms with Crippen LogP contribution in [-0.2, 0) is 0 Å². The lowest BCUT2D eigenvalue weighted by Crippen LogP contribution is -2.53. The monoisotopic (exact) mass is 458 g/mol. The van der Waals surface area contributed by atoms with E-state index in [-0.39, 0.29) is 5.91 Å². The standard InChI is InChI=1S/C27H30N4O3/c1-20-8-6-10-22(18-20)28-27(29-26(32)21-9-7-11-23(19-21)33-2)31-16-14-30(15-17-31)24-12-4-5-13-25(24)34-3/h4-13,18-19H,14-17H2,1-3H3,(H,28,29,32). The van der Waals surface area contributed by atoms with Crippen LogP contribution in [0.2, 0.25) is 0 Å². The number of para-hydroxylation sites is 2. The van der Waals surface area contributed by atoms with E-state index in [4.69, 9.17) is 14.5 Å². The highest BCUT2D eigenvalue weighted by atomic mass is 16.5. The van der Waals surface area contributed by atoms with Crippen molar-refractivity contribution in [1.29, 1.82) is 0 Å². The van der Waals surface area contributed by atoms with E-state index in [2.05, 4.69) is 21.2 Å². The zero-order valence-electron chi connectivity index (χ0n) is 19.8. The van der Waals surface area contributed by atoms with Gasteiger partial charge in [-0.25, -0.2) is 4.99 Å². The van der Waals surface area contributed by atoms with Crippen LogP contribution in [0.3, 0.4) is 0 Å². The van der Waals surface area contributed by atoms with Crippen LogP contribution in [0.5, 0.6) is 11.5 Å². The molecule has 0 aliphatic carbocycles. The molecule has 0 radical (unpaired) electrons. The first-order valence-corrected chi connectivity index (χ1v) is 11.3. The molecule has 1 amide bonds. The number of anilines is 1. The second-order valence-electron chi connectivity index (χ2n) is 8.11.